The molecule has 0 bridgehead atoms. The molecule has 1 aliphatic heterocycles. The number of anilines is 1. The molecule has 2 aromatic rings. The standard InChI is InChI=1S/C13H16N4O2/c18-5-4-17-9-12(15-16-17)8-14-11-1-2-13-10(7-11)3-6-19-13/h1-2,7,9,14,18H,3-6,8H2. The number of aliphatic hydroxyl groups excluding tert-OH is 1. The molecule has 0 fully saturated rings. The van der Waals surface area contributed by atoms with Gasteiger partial charge in [-0.1, -0.05) is 5.21 Å². The lowest BCUT2D eigenvalue weighted by atomic mass is 10.1. The fraction of sp³-hybridized carbons (Fsp3) is 0.385. The van der Waals surface area contributed by atoms with E-state index in [4.69, 9.17) is 9.84 Å². The molecule has 6 nitrogen and oxygen atoms in total. The molecule has 0 amide bonds. The average Bonchev–Trinajstić information content (AvgIpc) is 3.04. The van der Waals surface area contributed by atoms with E-state index in [1.54, 1.807) is 4.68 Å². The Morgan fingerprint density at radius 2 is 2.37 bits per heavy atom. The highest BCUT2D eigenvalue weighted by Crippen LogP contribution is 2.27. The van der Waals surface area contributed by atoms with Gasteiger partial charge in [0.1, 0.15) is 11.4 Å². The van der Waals surface area contributed by atoms with Gasteiger partial charge in [0, 0.05) is 12.1 Å². The van der Waals surface area contributed by atoms with Crippen molar-refractivity contribution in [1.29, 1.82) is 0 Å². The predicted octanol–water partition coefficient (Wildman–Crippen LogP) is 0.817. The second kappa shape index (κ2) is 5.27. The summed E-state index contributed by atoms with van der Waals surface area (Å²) in [6, 6.07) is 6.11. The van der Waals surface area contributed by atoms with Crippen LogP contribution in [0.3, 0.4) is 0 Å². The molecule has 3 rings (SSSR count). The molecule has 19 heavy (non-hydrogen) atoms. The molecule has 100 valence electrons. The van der Waals surface area contributed by atoms with Crippen LogP contribution >= 0.6 is 0 Å². The molecular weight excluding hydrogens is 244 g/mol. The average molecular weight is 260 g/mol. The largest absolute Gasteiger partial charge is 0.493 e. The van der Waals surface area contributed by atoms with Gasteiger partial charge in [0.15, 0.2) is 0 Å². The van der Waals surface area contributed by atoms with Crippen LogP contribution in [0.2, 0.25) is 0 Å². The summed E-state index contributed by atoms with van der Waals surface area (Å²) >= 11 is 0. The van der Waals surface area contributed by atoms with Gasteiger partial charge in [-0.2, -0.15) is 0 Å². The van der Waals surface area contributed by atoms with Crippen molar-refractivity contribution >= 4 is 5.69 Å². The van der Waals surface area contributed by atoms with Crippen molar-refractivity contribution in [2.75, 3.05) is 18.5 Å². The van der Waals surface area contributed by atoms with Crippen LogP contribution in [0.15, 0.2) is 24.4 Å². The maximum atomic E-state index is 8.81. The number of hydrogen-bond acceptors (Lipinski definition) is 5. The van der Waals surface area contributed by atoms with E-state index in [9.17, 15) is 0 Å². The molecule has 1 aromatic carbocycles. The number of aliphatic hydroxyl groups is 1. The lowest BCUT2D eigenvalue weighted by Crippen LogP contribution is -2.02. The fourth-order valence-corrected chi connectivity index (χ4v) is 2.12. The molecule has 6 heteroatoms. The maximum absolute atomic E-state index is 8.81. The molecule has 0 atom stereocenters. The van der Waals surface area contributed by atoms with Gasteiger partial charge in [-0.05, 0) is 23.8 Å². The number of ether oxygens (including phenoxy) is 1. The van der Waals surface area contributed by atoms with Crippen LogP contribution in [0, 0.1) is 0 Å². The summed E-state index contributed by atoms with van der Waals surface area (Å²) in [6.07, 6.45) is 2.80. The van der Waals surface area contributed by atoms with Crippen molar-refractivity contribution in [1.82, 2.24) is 15.0 Å². The second-order valence-electron chi connectivity index (χ2n) is 4.47. The molecule has 0 saturated carbocycles. The highest BCUT2D eigenvalue weighted by Gasteiger charge is 2.11. The smallest absolute Gasteiger partial charge is 0.122 e. The summed E-state index contributed by atoms with van der Waals surface area (Å²) in [7, 11) is 0. The van der Waals surface area contributed by atoms with Crippen molar-refractivity contribution in [2.24, 2.45) is 0 Å². The predicted molar refractivity (Wildman–Crippen MR) is 70.1 cm³/mol. The summed E-state index contributed by atoms with van der Waals surface area (Å²) in [5, 5.41) is 20.1. The van der Waals surface area contributed by atoms with Crippen LogP contribution in [0.1, 0.15) is 11.3 Å². The third-order valence-corrected chi connectivity index (χ3v) is 3.08. The van der Waals surface area contributed by atoms with Gasteiger partial charge in [-0.3, -0.25) is 0 Å². The lowest BCUT2D eigenvalue weighted by molar-refractivity contribution is 0.268. The first-order valence-corrected chi connectivity index (χ1v) is 6.34. The van der Waals surface area contributed by atoms with Crippen LogP contribution < -0.4 is 10.1 Å². The summed E-state index contributed by atoms with van der Waals surface area (Å²) in [5.41, 5.74) is 3.15. The summed E-state index contributed by atoms with van der Waals surface area (Å²) in [6.45, 7) is 1.93. The minimum Gasteiger partial charge on any atom is -0.493 e. The minimum atomic E-state index is 0.0705. The van der Waals surface area contributed by atoms with Gasteiger partial charge in [0.25, 0.3) is 0 Å². The van der Waals surface area contributed by atoms with E-state index >= 15 is 0 Å². The zero-order chi connectivity index (χ0) is 13.1. The molecule has 0 spiro atoms. The van der Waals surface area contributed by atoms with Crippen LogP contribution in [0.25, 0.3) is 0 Å². The van der Waals surface area contributed by atoms with Gasteiger partial charge in [-0.25, -0.2) is 4.68 Å². The molecule has 1 aliphatic rings. The topological polar surface area (TPSA) is 72.2 Å². The van der Waals surface area contributed by atoms with Crippen molar-refractivity contribution < 1.29 is 9.84 Å². The first kappa shape index (κ1) is 12.0. The van der Waals surface area contributed by atoms with E-state index in [0.717, 1.165) is 30.2 Å². The molecule has 1 aromatic heterocycles. The molecular formula is C13H16N4O2. The summed E-state index contributed by atoms with van der Waals surface area (Å²) in [4.78, 5) is 0. The van der Waals surface area contributed by atoms with E-state index in [1.165, 1.54) is 5.56 Å². The van der Waals surface area contributed by atoms with Crippen LogP contribution in [0.4, 0.5) is 5.69 Å². The van der Waals surface area contributed by atoms with E-state index < -0.39 is 0 Å². The number of benzene rings is 1. The van der Waals surface area contributed by atoms with Crippen LogP contribution in [-0.4, -0.2) is 33.3 Å². The molecule has 0 radical (unpaired) electrons. The second-order valence-corrected chi connectivity index (χ2v) is 4.47. The zero-order valence-corrected chi connectivity index (χ0v) is 10.5. The fourth-order valence-electron chi connectivity index (χ4n) is 2.12. The lowest BCUT2D eigenvalue weighted by Gasteiger charge is -2.06. The molecule has 0 unspecified atom stereocenters. The minimum absolute atomic E-state index is 0.0705. The van der Waals surface area contributed by atoms with Crippen LogP contribution in [-0.2, 0) is 19.5 Å². The van der Waals surface area contributed by atoms with Crippen molar-refractivity contribution in [2.45, 2.75) is 19.5 Å². The number of aromatic nitrogens is 3. The Morgan fingerprint density at radius 3 is 3.26 bits per heavy atom. The maximum Gasteiger partial charge on any atom is 0.122 e. The molecule has 2 heterocycles. The first-order chi connectivity index (χ1) is 9.35. The molecule has 2 N–H and O–H groups in total. The number of hydrogen-bond donors (Lipinski definition) is 2. The first-order valence-electron chi connectivity index (χ1n) is 6.34. The van der Waals surface area contributed by atoms with Gasteiger partial charge >= 0.3 is 0 Å². The molecule has 0 aliphatic carbocycles. The van der Waals surface area contributed by atoms with E-state index in [2.05, 4.69) is 21.7 Å². The quantitative estimate of drug-likeness (QED) is 0.832. The van der Waals surface area contributed by atoms with Crippen molar-refractivity contribution in [3.8, 4) is 5.75 Å². The third-order valence-electron chi connectivity index (χ3n) is 3.08. The van der Waals surface area contributed by atoms with Gasteiger partial charge in [0.2, 0.25) is 0 Å². The number of nitrogens with zero attached hydrogens (tertiary/aromatic N) is 3. The number of fused-ring (bicyclic) bond motifs is 1. The highest BCUT2D eigenvalue weighted by molar-refractivity contribution is 5.52. The molecule has 0 saturated heterocycles. The van der Waals surface area contributed by atoms with Gasteiger partial charge in [-0.15, -0.1) is 5.10 Å². The van der Waals surface area contributed by atoms with E-state index in [-0.39, 0.29) is 6.61 Å². The van der Waals surface area contributed by atoms with Crippen LogP contribution in [0.5, 0.6) is 5.75 Å². The number of rotatable bonds is 5. The SMILES string of the molecule is OCCn1cc(CNc2ccc3c(c2)CCO3)nn1. The van der Waals surface area contributed by atoms with E-state index in [1.807, 2.05) is 18.3 Å². The Balaban J connectivity index is 1.62. The Kier molecular flexibility index (Phi) is 3.33. The summed E-state index contributed by atoms with van der Waals surface area (Å²) in [5.74, 6) is 0.986. The monoisotopic (exact) mass is 260 g/mol. The Bertz CT molecular complexity index is 568. The van der Waals surface area contributed by atoms with Crippen molar-refractivity contribution in [3.05, 3.63) is 35.7 Å². The van der Waals surface area contributed by atoms with Gasteiger partial charge < -0.3 is 15.2 Å². The Morgan fingerprint density at radius 1 is 1.42 bits per heavy atom. The third kappa shape index (κ3) is 2.68. The highest BCUT2D eigenvalue weighted by atomic mass is 16.5. The normalized spacial score (nSPS) is 13.1. The number of nitrogens with one attached hydrogen (secondary N) is 1. The zero-order valence-electron chi connectivity index (χ0n) is 10.5. The van der Waals surface area contributed by atoms with Crippen molar-refractivity contribution in [3.63, 3.8) is 0 Å². The summed E-state index contributed by atoms with van der Waals surface area (Å²) < 4.78 is 7.10. The Labute approximate surface area is 111 Å². The Hall–Kier alpha value is -2.08. The van der Waals surface area contributed by atoms with E-state index in [0.29, 0.717) is 13.1 Å². The van der Waals surface area contributed by atoms with Gasteiger partial charge in [0.05, 0.1) is 32.5 Å².